The first-order chi connectivity index (χ1) is 19.0. The van der Waals surface area contributed by atoms with E-state index < -0.39 is 29.5 Å². The summed E-state index contributed by atoms with van der Waals surface area (Å²) in [5, 5.41) is 3.56. The van der Waals surface area contributed by atoms with Gasteiger partial charge in [-0.05, 0) is 50.5 Å². The average Bonchev–Trinajstić information content (AvgIpc) is 3.36. The van der Waals surface area contributed by atoms with Gasteiger partial charge in [0.15, 0.2) is 23.5 Å². The Morgan fingerprint density at radius 2 is 1.54 bits per heavy atom. The summed E-state index contributed by atoms with van der Waals surface area (Å²) in [5.41, 5.74) is 1.60. The van der Waals surface area contributed by atoms with Crippen molar-refractivity contribution in [2.75, 3.05) is 7.11 Å². The number of carbonyl (C=O) groups is 1. The Morgan fingerprint density at radius 1 is 0.872 bits per heavy atom. The predicted octanol–water partition coefficient (Wildman–Crippen LogP) is 9.08. The Morgan fingerprint density at radius 3 is 2.28 bits per heavy atom. The third-order valence-electron chi connectivity index (χ3n) is 6.78. The zero-order valence-electron chi connectivity index (χ0n) is 20.7. The van der Waals surface area contributed by atoms with Crippen molar-refractivity contribution < 1.29 is 23.0 Å². The molecule has 0 unspecified atom stereocenters. The van der Waals surface area contributed by atoms with Crippen molar-refractivity contribution in [2.24, 2.45) is 0 Å². The van der Waals surface area contributed by atoms with Crippen molar-refractivity contribution in [1.29, 1.82) is 0 Å². The number of fused-ring (bicyclic) bond motifs is 4. The Kier molecular flexibility index (Phi) is 6.79. The minimum atomic E-state index is -1.24. The molecule has 0 amide bonds. The number of halogens is 3. The summed E-state index contributed by atoms with van der Waals surface area (Å²) >= 11 is 5.39. The molecule has 0 spiro atoms. The highest BCUT2D eigenvalue weighted by Gasteiger charge is 2.28. The summed E-state index contributed by atoms with van der Waals surface area (Å²) < 4.78 is 45.2. The normalized spacial score (nSPS) is 12.2. The van der Waals surface area contributed by atoms with E-state index in [0.717, 1.165) is 41.0 Å². The maximum atomic E-state index is 16.4. The van der Waals surface area contributed by atoms with Gasteiger partial charge in [0, 0.05) is 37.5 Å². The molecule has 1 atom stereocenters. The minimum absolute atomic E-state index is 0.0945. The fourth-order valence-electron chi connectivity index (χ4n) is 4.99. The van der Waals surface area contributed by atoms with Crippen molar-refractivity contribution in [1.82, 2.24) is 0 Å². The lowest BCUT2D eigenvalue weighted by Crippen LogP contribution is -2.31. The molecule has 0 saturated heterocycles. The average molecular weight is 603 g/mol. The quantitative estimate of drug-likeness (QED) is 0.178. The lowest BCUT2D eigenvalue weighted by atomic mass is 9.93. The molecule has 0 N–H and O–H groups in total. The number of thiophene rings is 1. The van der Waals surface area contributed by atoms with E-state index in [4.69, 9.17) is 9.47 Å². The molecule has 6 rings (SSSR count). The van der Waals surface area contributed by atoms with E-state index in [-0.39, 0.29) is 12.0 Å². The first-order valence-electron chi connectivity index (χ1n) is 12.3. The van der Waals surface area contributed by atoms with E-state index >= 15 is 8.78 Å². The van der Waals surface area contributed by atoms with E-state index in [1.165, 1.54) is 19.2 Å². The van der Waals surface area contributed by atoms with Crippen LogP contribution >= 0.6 is 27.3 Å². The molecule has 0 bridgehead atoms. The second-order valence-electron chi connectivity index (χ2n) is 9.09. The molecular formula is C32H21BrF2O3S. The highest BCUT2D eigenvalue weighted by atomic mass is 79.9. The molecule has 194 valence electrons. The summed E-state index contributed by atoms with van der Waals surface area (Å²) in [6, 6.07) is 27.4. The van der Waals surface area contributed by atoms with Crippen LogP contribution in [0.3, 0.4) is 0 Å². The molecular weight excluding hydrogens is 582 g/mol. The van der Waals surface area contributed by atoms with E-state index in [1.54, 1.807) is 11.3 Å². The number of hydrogen-bond donors (Lipinski definition) is 0. The number of carbonyl (C=O) groups excluding carboxylic acids is 1. The topological polar surface area (TPSA) is 35.5 Å². The summed E-state index contributed by atoms with van der Waals surface area (Å²) in [4.78, 5) is 12.6. The molecule has 0 aliphatic heterocycles. The van der Waals surface area contributed by atoms with Crippen LogP contribution in [0.1, 0.15) is 5.56 Å². The first kappa shape index (κ1) is 25.5. The number of methoxy groups -OCH3 is 1. The van der Waals surface area contributed by atoms with Gasteiger partial charge in [0.25, 0.3) is 0 Å². The van der Waals surface area contributed by atoms with Crippen molar-refractivity contribution in [3.05, 3.63) is 113 Å². The Labute approximate surface area is 235 Å². The number of rotatable bonds is 6. The lowest BCUT2D eigenvalue weighted by Gasteiger charge is -2.20. The van der Waals surface area contributed by atoms with Gasteiger partial charge in [-0.15, -0.1) is 11.3 Å². The minimum Gasteiger partial charge on any atom is -0.472 e. The van der Waals surface area contributed by atoms with Crippen LogP contribution in [0.25, 0.3) is 42.1 Å². The number of ether oxygens (including phenoxy) is 2. The van der Waals surface area contributed by atoms with Crippen LogP contribution in [0.5, 0.6) is 5.75 Å². The molecule has 39 heavy (non-hydrogen) atoms. The molecule has 0 aliphatic carbocycles. The van der Waals surface area contributed by atoms with Gasteiger partial charge in [0.1, 0.15) is 0 Å². The number of esters is 1. The molecule has 0 saturated carbocycles. The largest absolute Gasteiger partial charge is 0.472 e. The molecule has 0 radical (unpaired) electrons. The van der Waals surface area contributed by atoms with Crippen LogP contribution in [-0.4, -0.2) is 19.2 Å². The highest BCUT2D eigenvalue weighted by Crippen LogP contribution is 2.49. The Bertz CT molecular complexity index is 1870. The van der Waals surface area contributed by atoms with Crippen LogP contribution in [0, 0.1) is 11.6 Å². The van der Waals surface area contributed by atoms with Gasteiger partial charge in [-0.2, -0.15) is 0 Å². The molecule has 0 fully saturated rings. The van der Waals surface area contributed by atoms with Crippen LogP contribution in [-0.2, 0) is 16.0 Å². The number of benzene rings is 5. The van der Waals surface area contributed by atoms with Gasteiger partial charge in [-0.3, -0.25) is 0 Å². The van der Waals surface area contributed by atoms with Gasteiger partial charge in [-0.1, -0.05) is 72.8 Å². The Balaban J connectivity index is 1.58. The molecule has 5 aromatic carbocycles. The van der Waals surface area contributed by atoms with Crippen molar-refractivity contribution >= 4 is 64.2 Å². The SMILES string of the molecule is COC(=O)[C@@H](Cc1ccccc1)Oc1c(F)ccc(-c2c3ccccc3c(Br)c3sc4ccccc4c23)c1F. The van der Waals surface area contributed by atoms with Gasteiger partial charge in [0.05, 0.1) is 11.8 Å². The molecule has 3 nitrogen and oxygen atoms in total. The lowest BCUT2D eigenvalue weighted by molar-refractivity contribution is -0.148. The van der Waals surface area contributed by atoms with E-state index in [1.807, 2.05) is 78.9 Å². The summed E-state index contributed by atoms with van der Waals surface area (Å²) in [7, 11) is 1.22. The Hall–Kier alpha value is -3.81. The van der Waals surface area contributed by atoms with Crippen LogP contribution in [0.2, 0.25) is 0 Å². The van der Waals surface area contributed by atoms with Crippen molar-refractivity contribution in [3.8, 4) is 16.9 Å². The number of hydrogen-bond acceptors (Lipinski definition) is 4. The first-order valence-corrected chi connectivity index (χ1v) is 13.9. The second kappa shape index (κ2) is 10.4. The monoisotopic (exact) mass is 602 g/mol. The van der Waals surface area contributed by atoms with Gasteiger partial charge < -0.3 is 9.47 Å². The molecule has 1 heterocycles. The second-order valence-corrected chi connectivity index (χ2v) is 10.9. The van der Waals surface area contributed by atoms with E-state index in [0.29, 0.717) is 5.56 Å². The van der Waals surface area contributed by atoms with Crippen LogP contribution in [0.4, 0.5) is 8.78 Å². The summed E-state index contributed by atoms with van der Waals surface area (Å²) in [5.74, 6) is -3.10. The fraction of sp³-hybridized carbons (Fsp3) is 0.0938. The van der Waals surface area contributed by atoms with Gasteiger partial charge in [-0.25, -0.2) is 13.6 Å². The maximum Gasteiger partial charge on any atom is 0.347 e. The summed E-state index contributed by atoms with van der Waals surface area (Å²) in [6.07, 6.45) is -1.14. The predicted molar refractivity (Wildman–Crippen MR) is 156 cm³/mol. The highest BCUT2D eigenvalue weighted by molar-refractivity contribution is 9.11. The molecule has 7 heteroatoms. The molecule has 0 aliphatic rings. The third-order valence-corrected chi connectivity index (χ3v) is 9.06. The summed E-state index contributed by atoms with van der Waals surface area (Å²) in [6.45, 7) is 0. The van der Waals surface area contributed by atoms with Gasteiger partial charge >= 0.3 is 5.97 Å². The molecule has 1 aromatic heterocycles. The van der Waals surface area contributed by atoms with E-state index in [2.05, 4.69) is 15.9 Å². The van der Waals surface area contributed by atoms with Crippen LogP contribution < -0.4 is 4.74 Å². The standard InChI is InChI=1S/C32H21BrF2O3S/c1-37-32(36)24(17-18-9-3-2-4-10-18)38-30-23(34)16-15-22(29(30)35)26-19-11-5-6-12-20(19)28(33)31-27(26)21-13-7-8-14-25(21)39-31/h2-16,24H,17H2,1H3/t24-/m1/s1. The zero-order chi connectivity index (χ0) is 27.1. The van der Waals surface area contributed by atoms with Crippen molar-refractivity contribution in [2.45, 2.75) is 12.5 Å². The van der Waals surface area contributed by atoms with Crippen molar-refractivity contribution in [3.63, 3.8) is 0 Å². The molecule has 6 aromatic rings. The smallest absolute Gasteiger partial charge is 0.347 e. The van der Waals surface area contributed by atoms with Gasteiger partial charge in [0.2, 0.25) is 0 Å². The van der Waals surface area contributed by atoms with E-state index in [9.17, 15) is 4.79 Å². The third kappa shape index (κ3) is 4.45. The zero-order valence-corrected chi connectivity index (χ0v) is 23.1. The maximum absolute atomic E-state index is 16.4. The fourth-order valence-corrected chi connectivity index (χ4v) is 6.93. The van der Waals surface area contributed by atoms with Crippen LogP contribution in [0.15, 0.2) is 95.5 Å².